The van der Waals surface area contributed by atoms with Crippen LogP contribution in [0.2, 0.25) is 0 Å². The van der Waals surface area contributed by atoms with Crippen LogP contribution in [0, 0.1) is 13.8 Å². The minimum absolute atomic E-state index is 0.176. The van der Waals surface area contributed by atoms with Crippen molar-refractivity contribution in [3.8, 4) is 0 Å². The Labute approximate surface area is 91.0 Å². The van der Waals surface area contributed by atoms with Crippen molar-refractivity contribution in [3.05, 3.63) is 21.2 Å². The quantitative estimate of drug-likeness (QED) is 0.573. The summed E-state index contributed by atoms with van der Waals surface area (Å²) in [5.41, 5.74) is 1.42. The lowest BCUT2D eigenvalue weighted by atomic mass is 10.2. The summed E-state index contributed by atoms with van der Waals surface area (Å²) in [7, 11) is 0. The Kier molecular flexibility index (Phi) is 2.40. The van der Waals surface area contributed by atoms with E-state index in [1.165, 1.54) is 11.3 Å². The van der Waals surface area contributed by atoms with Crippen LogP contribution in [-0.4, -0.2) is 16.8 Å². The Hall–Kier alpha value is -1.49. The van der Waals surface area contributed by atoms with E-state index >= 15 is 0 Å². The lowest BCUT2D eigenvalue weighted by Gasteiger charge is -1.91. The van der Waals surface area contributed by atoms with Crippen LogP contribution in [-0.2, 0) is 9.59 Å². The SMILES string of the molecule is Cc1nc(C)c(C=C2CC(=O)NC2=O)s1. The number of hydrogen-bond donors (Lipinski definition) is 1. The van der Waals surface area contributed by atoms with Gasteiger partial charge in [0.25, 0.3) is 5.91 Å². The predicted molar refractivity (Wildman–Crippen MR) is 57.3 cm³/mol. The van der Waals surface area contributed by atoms with Gasteiger partial charge in [-0.25, -0.2) is 4.98 Å². The number of aryl methyl sites for hydroxylation is 2. The molecule has 78 valence electrons. The van der Waals surface area contributed by atoms with Gasteiger partial charge < -0.3 is 0 Å². The predicted octanol–water partition coefficient (Wildman–Crippen LogP) is 1.19. The number of rotatable bonds is 1. The number of nitrogens with one attached hydrogen (secondary N) is 1. The van der Waals surface area contributed by atoms with Gasteiger partial charge in [-0.05, 0) is 19.9 Å². The van der Waals surface area contributed by atoms with Crippen LogP contribution in [0.25, 0.3) is 6.08 Å². The Balaban J connectivity index is 2.34. The fourth-order valence-corrected chi connectivity index (χ4v) is 2.36. The summed E-state index contributed by atoms with van der Waals surface area (Å²) in [6.45, 7) is 3.81. The molecule has 1 saturated heterocycles. The summed E-state index contributed by atoms with van der Waals surface area (Å²) in [6.07, 6.45) is 1.93. The average Bonchev–Trinajstić information content (AvgIpc) is 2.58. The van der Waals surface area contributed by atoms with Crippen molar-refractivity contribution in [3.63, 3.8) is 0 Å². The molecule has 0 saturated carbocycles. The molecular weight excluding hydrogens is 212 g/mol. The van der Waals surface area contributed by atoms with Crippen LogP contribution < -0.4 is 5.32 Å². The van der Waals surface area contributed by atoms with Crippen molar-refractivity contribution in [2.24, 2.45) is 0 Å². The van der Waals surface area contributed by atoms with E-state index in [1.807, 2.05) is 13.8 Å². The lowest BCUT2D eigenvalue weighted by molar-refractivity contribution is -0.124. The number of imide groups is 1. The first kappa shape index (κ1) is 10.0. The molecule has 15 heavy (non-hydrogen) atoms. The summed E-state index contributed by atoms with van der Waals surface area (Å²) in [5.74, 6) is -0.518. The van der Waals surface area contributed by atoms with Crippen LogP contribution in [0.15, 0.2) is 5.57 Å². The molecule has 1 aliphatic heterocycles. The number of hydrogen-bond acceptors (Lipinski definition) is 4. The summed E-state index contributed by atoms with van der Waals surface area (Å²) in [6, 6.07) is 0. The maximum atomic E-state index is 11.3. The van der Waals surface area contributed by atoms with Crippen molar-refractivity contribution in [1.29, 1.82) is 0 Å². The molecule has 1 aliphatic rings. The largest absolute Gasteiger partial charge is 0.292 e. The molecule has 2 rings (SSSR count). The number of amides is 2. The zero-order valence-corrected chi connectivity index (χ0v) is 9.27. The van der Waals surface area contributed by atoms with Gasteiger partial charge in [0.1, 0.15) is 0 Å². The highest BCUT2D eigenvalue weighted by molar-refractivity contribution is 7.12. The Morgan fingerprint density at radius 1 is 1.40 bits per heavy atom. The molecule has 4 nitrogen and oxygen atoms in total. The molecule has 1 N–H and O–H groups in total. The van der Waals surface area contributed by atoms with Gasteiger partial charge in [0.15, 0.2) is 0 Å². The zero-order valence-electron chi connectivity index (χ0n) is 8.46. The third-order valence-electron chi connectivity index (χ3n) is 2.14. The zero-order chi connectivity index (χ0) is 11.0. The molecule has 2 amide bonds. The first-order valence-electron chi connectivity index (χ1n) is 4.55. The topological polar surface area (TPSA) is 59.1 Å². The standard InChI is InChI=1S/C10H10N2O2S/c1-5-8(15-6(2)11-5)3-7-4-9(13)12-10(7)14/h3H,4H2,1-2H3,(H,12,13,14). The summed E-state index contributed by atoms with van der Waals surface area (Å²) < 4.78 is 0. The molecule has 1 aromatic rings. The maximum Gasteiger partial charge on any atom is 0.254 e. The minimum Gasteiger partial charge on any atom is -0.292 e. The number of aromatic nitrogens is 1. The van der Waals surface area contributed by atoms with Crippen LogP contribution in [0.5, 0.6) is 0 Å². The van der Waals surface area contributed by atoms with Crippen molar-refractivity contribution in [1.82, 2.24) is 10.3 Å². The summed E-state index contributed by atoms with van der Waals surface area (Å²) in [5, 5.41) is 3.21. The number of thiazole rings is 1. The van der Waals surface area contributed by atoms with Gasteiger partial charge in [-0.1, -0.05) is 0 Å². The number of nitrogens with zero attached hydrogens (tertiary/aromatic N) is 1. The van der Waals surface area contributed by atoms with E-state index in [4.69, 9.17) is 0 Å². The van der Waals surface area contributed by atoms with Gasteiger partial charge in [0.05, 0.1) is 22.0 Å². The Morgan fingerprint density at radius 3 is 2.60 bits per heavy atom. The fraction of sp³-hybridized carbons (Fsp3) is 0.300. The molecule has 0 aromatic carbocycles. The van der Waals surface area contributed by atoms with E-state index in [0.29, 0.717) is 5.57 Å². The Morgan fingerprint density at radius 2 is 2.13 bits per heavy atom. The molecule has 2 heterocycles. The summed E-state index contributed by atoms with van der Waals surface area (Å²) >= 11 is 1.53. The molecule has 5 heteroatoms. The van der Waals surface area contributed by atoms with Crippen LogP contribution in [0.3, 0.4) is 0 Å². The third-order valence-corrected chi connectivity index (χ3v) is 3.16. The molecule has 0 unspecified atom stereocenters. The smallest absolute Gasteiger partial charge is 0.254 e. The summed E-state index contributed by atoms with van der Waals surface area (Å²) in [4.78, 5) is 27.5. The number of carbonyl (C=O) groups excluding carboxylic acids is 2. The van der Waals surface area contributed by atoms with Gasteiger partial charge in [-0.15, -0.1) is 11.3 Å². The van der Waals surface area contributed by atoms with Crippen LogP contribution >= 0.6 is 11.3 Å². The minimum atomic E-state index is -0.287. The monoisotopic (exact) mass is 222 g/mol. The molecular formula is C10H10N2O2S. The molecule has 0 spiro atoms. The highest BCUT2D eigenvalue weighted by Crippen LogP contribution is 2.22. The molecule has 0 radical (unpaired) electrons. The van der Waals surface area contributed by atoms with Crippen LogP contribution in [0.1, 0.15) is 22.0 Å². The fourth-order valence-electron chi connectivity index (χ4n) is 1.46. The average molecular weight is 222 g/mol. The Bertz CT molecular complexity index is 474. The highest BCUT2D eigenvalue weighted by Gasteiger charge is 2.24. The van der Waals surface area contributed by atoms with E-state index in [0.717, 1.165) is 15.6 Å². The van der Waals surface area contributed by atoms with E-state index in [1.54, 1.807) is 6.08 Å². The van der Waals surface area contributed by atoms with Crippen molar-refractivity contribution < 1.29 is 9.59 Å². The van der Waals surface area contributed by atoms with Gasteiger partial charge in [-0.2, -0.15) is 0 Å². The van der Waals surface area contributed by atoms with Gasteiger partial charge in [0.2, 0.25) is 5.91 Å². The van der Waals surface area contributed by atoms with Crippen molar-refractivity contribution in [2.75, 3.05) is 0 Å². The van der Waals surface area contributed by atoms with Crippen LogP contribution in [0.4, 0.5) is 0 Å². The van der Waals surface area contributed by atoms with E-state index in [2.05, 4.69) is 10.3 Å². The first-order chi connectivity index (χ1) is 7.06. The normalized spacial score (nSPS) is 18.7. The molecule has 0 bridgehead atoms. The van der Waals surface area contributed by atoms with Gasteiger partial charge in [0, 0.05) is 5.57 Å². The van der Waals surface area contributed by atoms with Crippen molar-refractivity contribution >= 4 is 29.2 Å². The van der Waals surface area contributed by atoms with E-state index in [-0.39, 0.29) is 18.2 Å². The first-order valence-corrected chi connectivity index (χ1v) is 5.36. The van der Waals surface area contributed by atoms with E-state index < -0.39 is 0 Å². The number of carbonyl (C=O) groups is 2. The lowest BCUT2D eigenvalue weighted by Crippen LogP contribution is -2.19. The van der Waals surface area contributed by atoms with E-state index in [9.17, 15) is 9.59 Å². The second-order valence-corrected chi connectivity index (χ2v) is 4.64. The molecule has 0 atom stereocenters. The van der Waals surface area contributed by atoms with Gasteiger partial charge >= 0.3 is 0 Å². The molecule has 1 fully saturated rings. The van der Waals surface area contributed by atoms with Gasteiger partial charge in [-0.3, -0.25) is 14.9 Å². The van der Waals surface area contributed by atoms with Crippen molar-refractivity contribution in [2.45, 2.75) is 20.3 Å². The molecule has 0 aliphatic carbocycles. The molecule has 1 aromatic heterocycles. The second kappa shape index (κ2) is 3.58. The highest BCUT2D eigenvalue weighted by atomic mass is 32.1. The second-order valence-electron chi connectivity index (χ2n) is 3.41. The maximum absolute atomic E-state index is 11.3. The third kappa shape index (κ3) is 1.97.